The van der Waals surface area contributed by atoms with Crippen molar-refractivity contribution in [3.05, 3.63) is 53.1 Å². The van der Waals surface area contributed by atoms with Gasteiger partial charge < -0.3 is 10.6 Å². The zero-order valence-corrected chi connectivity index (χ0v) is 13.1. The van der Waals surface area contributed by atoms with Gasteiger partial charge in [-0.05, 0) is 48.7 Å². The number of nitrogens with one attached hydrogen (secondary N) is 2. The fourth-order valence-electron chi connectivity index (χ4n) is 2.36. The molecule has 0 saturated heterocycles. The SMILES string of the molecule is CNc1c(C)cc(C)cc1N=CNc1ccc(CC#N)cc1. The minimum atomic E-state index is 0.433. The highest BCUT2D eigenvalue weighted by atomic mass is 15.0. The second-order valence-corrected chi connectivity index (χ2v) is 5.16. The predicted molar refractivity (Wildman–Crippen MR) is 93.0 cm³/mol. The van der Waals surface area contributed by atoms with Crippen LogP contribution in [0.2, 0.25) is 0 Å². The van der Waals surface area contributed by atoms with Crippen LogP contribution in [0.15, 0.2) is 41.4 Å². The Balaban J connectivity index is 2.11. The van der Waals surface area contributed by atoms with Crippen molar-refractivity contribution in [2.24, 2.45) is 4.99 Å². The van der Waals surface area contributed by atoms with E-state index in [-0.39, 0.29) is 0 Å². The van der Waals surface area contributed by atoms with Crippen LogP contribution in [-0.4, -0.2) is 13.4 Å². The summed E-state index contributed by atoms with van der Waals surface area (Å²) in [4.78, 5) is 4.50. The molecule has 0 fully saturated rings. The third-order valence-corrected chi connectivity index (χ3v) is 3.38. The standard InChI is InChI=1S/C18H20N4/c1-13-10-14(2)18(20-3)17(11-13)22-12-21-16-6-4-15(5-7-16)8-9-19/h4-7,10-12,20H,8H2,1-3H3,(H,21,22). The van der Waals surface area contributed by atoms with Crippen molar-refractivity contribution in [2.45, 2.75) is 20.3 Å². The van der Waals surface area contributed by atoms with Crippen molar-refractivity contribution in [3.8, 4) is 6.07 Å². The summed E-state index contributed by atoms with van der Waals surface area (Å²) in [6.45, 7) is 4.13. The number of nitriles is 1. The lowest BCUT2D eigenvalue weighted by molar-refractivity contribution is 1.26. The molecule has 0 saturated carbocycles. The van der Waals surface area contributed by atoms with Crippen LogP contribution in [0, 0.1) is 25.2 Å². The average Bonchev–Trinajstić information content (AvgIpc) is 2.49. The molecule has 112 valence electrons. The molecule has 2 aromatic rings. The first-order valence-corrected chi connectivity index (χ1v) is 7.18. The quantitative estimate of drug-likeness (QED) is 0.642. The Morgan fingerprint density at radius 2 is 1.91 bits per heavy atom. The van der Waals surface area contributed by atoms with E-state index >= 15 is 0 Å². The summed E-state index contributed by atoms with van der Waals surface area (Å²) in [5, 5.41) is 15.0. The lowest BCUT2D eigenvalue weighted by Crippen LogP contribution is -1.97. The van der Waals surface area contributed by atoms with Gasteiger partial charge in [0, 0.05) is 12.7 Å². The molecular weight excluding hydrogens is 272 g/mol. The smallest absolute Gasteiger partial charge is 0.0931 e. The van der Waals surface area contributed by atoms with Crippen molar-refractivity contribution in [3.63, 3.8) is 0 Å². The molecule has 2 aromatic carbocycles. The van der Waals surface area contributed by atoms with Gasteiger partial charge in [0.2, 0.25) is 0 Å². The molecule has 0 radical (unpaired) electrons. The highest BCUT2D eigenvalue weighted by Crippen LogP contribution is 2.29. The number of rotatable bonds is 5. The number of benzene rings is 2. The molecule has 0 aliphatic heterocycles. The summed E-state index contributed by atoms with van der Waals surface area (Å²) in [6, 6.07) is 14.1. The fraction of sp³-hybridized carbons (Fsp3) is 0.222. The zero-order chi connectivity index (χ0) is 15.9. The Hall–Kier alpha value is -2.80. The minimum absolute atomic E-state index is 0.433. The molecular formula is C18H20N4. The molecule has 0 aromatic heterocycles. The van der Waals surface area contributed by atoms with E-state index in [9.17, 15) is 0 Å². The van der Waals surface area contributed by atoms with Crippen LogP contribution in [0.1, 0.15) is 16.7 Å². The van der Waals surface area contributed by atoms with Crippen molar-refractivity contribution < 1.29 is 0 Å². The van der Waals surface area contributed by atoms with Gasteiger partial charge in [0.1, 0.15) is 0 Å². The van der Waals surface area contributed by atoms with E-state index < -0.39 is 0 Å². The Bertz CT molecular complexity index is 709. The molecule has 4 heteroatoms. The van der Waals surface area contributed by atoms with Gasteiger partial charge in [0.15, 0.2) is 0 Å². The molecule has 4 nitrogen and oxygen atoms in total. The average molecular weight is 292 g/mol. The number of hydrogen-bond donors (Lipinski definition) is 2. The number of hydrogen-bond acceptors (Lipinski definition) is 3. The largest absolute Gasteiger partial charge is 0.386 e. The van der Waals surface area contributed by atoms with Crippen molar-refractivity contribution in [1.82, 2.24) is 0 Å². The van der Waals surface area contributed by atoms with Crippen LogP contribution in [-0.2, 0) is 6.42 Å². The van der Waals surface area contributed by atoms with Gasteiger partial charge in [-0.2, -0.15) is 5.26 Å². The molecule has 22 heavy (non-hydrogen) atoms. The number of nitrogens with zero attached hydrogens (tertiary/aromatic N) is 2. The second-order valence-electron chi connectivity index (χ2n) is 5.16. The van der Waals surface area contributed by atoms with Gasteiger partial charge in [-0.1, -0.05) is 18.2 Å². The van der Waals surface area contributed by atoms with Crippen LogP contribution in [0.5, 0.6) is 0 Å². The van der Waals surface area contributed by atoms with Gasteiger partial charge in [0.05, 0.1) is 30.2 Å². The van der Waals surface area contributed by atoms with E-state index in [4.69, 9.17) is 5.26 Å². The minimum Gasteiger partial charge on any atom is -0.386 e. The van der Waals surface area contributed by atoms with Crippen LogP contribution in [0.25, 0.3) is 0 Å². The fourth-order valence-corrected chi connectivity index (χ4v) is 2.36. The van der Waals surface area contributed by atoms with Gasteiger partial charge in [0.25, 0.3) is 0 Å². The Kier molecular flexibility index (Phi) is 5.16. The van der Waals surface area contributed by atoms with Gasteiger partial charge in [-0.15, -0.1) is 0 Å². The monoisotopic (exact) mass is 292 g/mol. The first kappa shape index (κ1) is 15.6. The van der Waals surface area contributed by atoms with Crippen LogP contribution < -0.4 is 10.6 Å². The van der Waals surface area contributed by atoms with Crippen molar-refractivity contribution >= 4 is 23.4 Å². The molecule has 2 rings (SSSR count). The molecule has 0 unspecified atom stereocenters. The molecule has 0 aliphatic carbocycles. The van der Waals surface area contributed by atoms with E-state index in [1.165, 1.54) is 11.1 Å². The van der Waals surface area contributed by atoms with Crippen molar-refractivity contribution in [2.75, 3.05) is 17.7 Å². The normalized spacial score (nSPS) is 10.5. The Morgan fingerprint density at radius 1 is 1.18 bits per heavy atom. The van der Waals surface area contributed by atoms with Crippen LogP contribution >= 0.6 is 0 Å². The summed E-state index contributed by atoms with van der Waals surface area (Å²) in [6.07, 6.45) is 2.12. The summed E-state index contributed by atoms with van der Waals surface area (Å²) >= 11 is 0. The molecule has 0 bridgehead atoms. The lowest BCUT2D eigenvalue weighted by atomic mass is 10.1. The second kappa shape index (κ2) is 7.28. The molecule has 0 heterocycles. The van der Waals surface area contributed by atoms with Gasteiger partial charge >= 0.3 is 0 Å². The van der Waals surface area contributed by atoms with E-state index in [2.05, 4.69) is 41.6 Å². The third kappa shape index (κ3) is 3.86. The summed E-state index contributed by atoms with van der Waals surface area (Å²) < 4.78 is 0. The van der Waals surface area contributed by atoms with E-state index in [0.29, 0.717) is 6.42 Å². The van der Waals surface area contributed by atoms with Gasteiger partial charge in [-0.3, -0.25) is 0 Å². The Morgan fingerprint density at radius 3 is 2.55 bits per heavy atom. The van der Waals surface area contributed by atoms with E-state index in [0.717, 1.165) is 22.6 Å². The maximum atomic E-state index is 8.66. The summed E-state index contributed by atoms with van der Waals surface area (Å²) in [7, 11) is 1.90. The summed E-state index contributed by atoms with van der Waals surface area (Å²) in [5.74, 6) is 0. The van der Waals surface area contributed by atoms with Gasteiger partial charge in [-0.25, -0.2) is 4.99 Å². The predicted octanol–water partition coefficient (Wildman–Crippen LogP) is 4.18. The maximum Gasteiger partial charge on any atom is 0.0931 e. The van der Waals surface area contributed by atoms with Crippen LogP contribution in [0.3, 0.4) is 0 Å². The molecule has 0 atom stereocenters. The number of aryl methyl sites for hydroxylation is 2. The molecule has 0 aliphatic rings. The van der Waals surface area contributed by atoms with E-state index in [1.807, 2.05) is 37.4 Å². The first-order valence-electron chi connectivity index (χ1n) is 7.18. The number of anilines is 2. The third-order valence-electron chi connectivity index (χ3n) is 3.38. The lowest BCUT2D eigenvalue weighted by Gasteiger charge is -2.10. The maximum absolute atomic E-state index is 8.66. The van der Waals surface area contributed by atoms with Crippen LogP contribution in [0.4, 0.5) is 17.1 Å². The first-order chi connectivity index (χ1) is 10.6. The Labute approximate surface area is 131 Å². The highest BCUT2D eigenvalue weighted by Gasteiger charge is 2.03. The van der Waals surface area contributed by atoms with E-state index in [1.54, 1.807) is 6.34 Å². The van der Waals surface area contributed by atoms with Crippen molar-refractivity contribution in [1.29, 1.82) is 5.26 Å². The topological polar surface area (TPSA) is 60.2 Å². The molecule has 0 spiro atoms. The molecule has 0 amide bonds. The zero-order valence-electron chi connectivity index (χ0n) is 13.1. The number of aliphatic imine (C=N–C) groups is 1. The highest BCUT2D eigenvalue weighted by molar-refractivity contribution is 5.81. The summed E-state index contributed by atoms with van der Waals surface area (Å²) in [5.41, 5.74) is 6.26. The molecule has 2 N–H and O–H groups in total.